The van der Waals surface area contributed by atoms with Crippen molar-refractivity contribution in [3.05, 3.63) is 23.4 Å². The van der Waals surface area contributed by atoms with Crippen molar-refractivity contribution < 1.29 is 4.52 Å². The number of guanidine groups is 1. The Balaban J connectivity index is 1.79. The summed E-state index contributed by atoms with van der Waals surface area (Å²) < 4.78 is 4.94. The number of nitrogens with one attached hydrogen (secondary N) is 2. The van der Waals surface area contributed by atoms with Crippen LogP contribution >= 0.6 is 0 Å². The Hall–Kier alpha value is -1.85. The molecule has 0 unspecified atom stereocenters. The summed E-state index contributed by atoms with van der Waals surface area (Å²) in [6.07, 6.45) is 8.63. The number of hydrogen-bond acceptors (Lipinski definition) is 4. The molecular formula is C15H25N5O. The first-order chi connectivity index (χ1) is 10.3. The van der Waals surface area contributed by atoms with Gasteiger partial charge in [-0.3, -0.25) is 0 Å². The largest absolute Gasteiger partial charge is 0.357 e. The molecule has 116 valence electrons. The minimum absolute atomic E-state index is 0.426. The van der Waals surface area contributed by atoms with Crippen LogP contribution in [0.4, 0.5) is 0 Å². The Morgan fingerprint density at radius 2 is 2.29 bits per heavy atom. The first kappa shape index (κ1) is 15.5. The summed E-state index contributed by atoms with van der Waals surface area (Å²) in [6.45, 7) is 6.00. The first-order valence-corrected chi connectivity index (χ1v) is 7.77. The van der Waals surface area contributed by atoms with E-state index >= 15 is 0 Å². The maximum Gasteiger partial charge on any atom is 0.223 e. The van der Waals surface area contributed by atoms with Crippen LogP contribution in [0.2, 0.25) is 0 Å². The lowest BCUT2D eigenvalue weighted by molar-refractivity contribution is 0.387. The SMILES string of the molecule is CCNC(=NCc1noc(C)n1)NCCC1=CCCCC1. The molecule has 0 atom stereocenters. The van der Waals surface area contributed by atoms with Crippen molar-refractivity contribution in [1.82, 2.24) is 20.8 Å². The van der Waals surface area contributed by atoms with Gasteiger partial charge in [0.2, 0.25) is 5.89 Å². The fraction of sp³-hybridized carbons (Fsp3) is 0.667. The summed E-state index contributed by atoms with van der Waals surface area (Å²) in [7, 11) is 0. The molecule has 6 heteroatoms. The Kier molecular flexibility index (Phi) is 6.24. The van der Waals surface area contributed by atoms with E-state index in [2.05, 4.69) is 38.8 Å². The molecule has 0 amide bonds. The van der Waals surface area contributed by atoms with Crippen LogP contribution in [0, 0.1) is 6.92 Å². The van der Waals surface area contributed by atoms with Crippen LogP contribution in [0.15, 0.2) is 21.2 Å². The standard InChI is InChI=1S/C15H25N5O/c1-3-16-15(18-11-14-19-12(2)21-20-14)17-10-9-13-7-5-4-6-8-13/h7H,3-6,8-11H2,1-2H3,(H2,16,17,18). The molecule has 0 saturated carbocycles. The monoisotopic (exact) mass is 291 g/mol. The second kappa shape index (κ2) is 8.44. The Bertz CT molecular complexity index is 492. The van der Waals surface area contributed by atoms with E-state index < -0.39 is 0 Å². The molecule has 1 aromatic heterocycles. The minimum Gasteiger partial charge on any atom is -0.357 e. The van der Waals surface area contributed by atoms with Crippen molar-refractivity contribution >= 4 is 5.96 Å². The Morgan fingerprint density at radius 3 is 2.95 bits per heavy atom. The zero-order valence-corrected chi connectivity index (χ0v) is 13.0. The predicted molar refractivity (Wildman–Crippen MR) is 83.0 cm³/mol. The van der Waals surface area contributed by atoms with Crippen molar-refractivity contribution in [3.63, 3.8) is 0 Å². The van der Waals surface area contributed by atoms with E-state index in [0.29, 0.717) is 18.3 Å². The third kappa shape index (κ3) is 5.57. The molecule has 0 aromatic carbocycles. The third-order valence-electron chi connectivity index (χ3n) is 3.42. The predicted octanol–water partition coefficient (Wildman–Crippen LogP) is 2.32. The second-order valence-electron chi connectivity index (χ2n) is 5.21. The van der Waals surface area contributed by atoms with E-state index in [4.69, 9.17) is 4.52 Å². The van der Waals surface area contributed by atoms with Crippen LogP contribution in [0.25, 0.3) is 0 Å². The van der Waals surface area contributed by atoms with Crippen molar-refractivity contribution in [1.29, 1.82) is 0 Å². The molecule has 1 heterocycles. The normalized spacial score (nSPS) is 15.7. The number of aryl methyl sites for hydroxylation is 1. The minimum atomic E-state index is 0.426. The fourth-order valence-corrected chi connectivity index (χ4v) is 2.37. The summed E-state index contributed by atoms with van der Waals surface area (Å²) in [5, 5.41) is 10.4. The number of aliphatic imine (C=N–C) groups is 1. The molecule has 0 saturated heterocycles. The lowest BCUT2D eigenvalue weighted by atomic mass is 9.97. The van der Waals surface area contributed by atoms with Gasteiger partial charge in [0.15, 0.2) is 11.8 Å². The van der Waals surface area contributed by atoms with E-state index in [1.807, 2.05) is 0 Å². The Morgan fingerprint density at radius 1 is 1.38 bits per heavy atom. The summed E-state index contributed by atoms with van der Waals surface area (Å²) in [6, 6.07) is 0. The van der Waals surface area contributed by atoms with E-state index in [0.717, 1.165) is 25.5 Å². The zero-order valence-electron chi connectivity index (χ0n) is 13.0. The summed E-state index contributed by atoms with van der Waals surface area (Å²) >= 11 is 0. The highest BCUT2D eigenvalue weighted by Gasteiger charge is 2.05. The maximum absolute atomic E-state index is 4.94. The maximum atomic E-state index is 4.94. The molecule has 0 radical (unpaired) electrons. The molecule has 2 N–H and O–H groups in total. The van der Waals surface area contributed by atoms with Crippen LogP contribution in [-0.2, 0) is 6.54 Å². The van der Waals surface area contributed by atoms with E-state index in [9.17, 15) is 0 Å². The molecule has 0 aliphatic heterocycles. The summed E-state index contributed by atoms with van der Waals surface area (Å²) in [5.74, 6) is 1.98. The molecule has 1 aromatic rings. The summed E-state index contributed by atoms with van der Waals surface area (Å²) in [5.41, 5.74) is 1.57. The van der Waals surface area contributed by atoms with Gasteiger partial charge in [0, 0.05) is 20.0 Å². The van der Waals surface area contributed by atoms with Crippen LogP contribution in [0.5, 0.6) is 0 Å². The molecule has 0 bridgehead atoms. The van der Waals surface area contributed by atoms with Gasteiger partial charge in [-0.15, -0.1) is 0 Å². The number of nitrogens with zero attached hydrogens (tertiary/aromatic N) is 3. The molecule has 6 nitrogen and oxygen atoms in total. The van der Waals surface area contributed by atoms with Gasteiger partial charge in [-0.05, 0) is 39.0 Å². The summed E-state index contributed by atoms with van der Waals surface area (Å²) in [4.78, 5) is 8.62. The molecule has 1 aliphatic rings. The Labute approximate surface area is 126 Å². The third-order valence-corrected chi connectivity index (χ3v) is 3.42. The van der Waals surface area contributed by atoms with Gasteiger partial charge in [-0.1, -0.05) is 16.8 Å². The van der Waals surface area contributed by atoms with Gasteiger partial charge >= 0.3 is 0 Å². The average Bonchev–Trinajstić information content (AvgIpc) is 2.91. The topological polar surface area (TPSA) is 75.3 Å². The molecule has 1 aliphatic carbocycles. The van der Waals surface area contributed by atoms with Gasteiger partial charge in [0.05, 0.1) is 0 Å². The van der Waals surface area contributed by atoms with E-state index in [1.54, 1.807) is 12.5 Å². The highest BCUT2D eigenvalue weighted by atomic mass is 16.5. The molecular weight excluding hydrogens is 266 g/mol. The van der Waals surface area contributed by atoms with Crippen LogP contribution < -0.4 is 10.6 Å². The molecule has 21 heavy (non-hydrogen) atoms. The lowest BCUT2D eigenvalue weighted by Gasteiger charge is -2.14. The van der Waals surface area contributed by atoms with Crippen molar-refractivity contribution in [2.24, 2.45) is 4.99 Å². The fourth-order valence-electron chi connectivity index (χ4n) is 2.37. The quantitative estimate of drug-likeness (QED) is 0.478. The highest BCUT2D eigenvalue weighted by Crippen LogP contribution is 2.19. The van der Waals surface area contributed by atoms with Crippen molar-refractivity contribution in [3.8, 4) is 0 Å². The molecule has 0 spiro atoms. The smallest absolute Gasteiger partial charge is 0.223 e. The second-order valence-corrected chi connectivity index (χ2v) is 5.21. The van der Waals surface area contributed by atoms with Crippen LogP contribution in [-0.4, -0.2) is 29.2 Å². The zero-order chi connectivity index (χ0) is 14.9. The molecule has 0 fully saturated rings. The van der Waals surface area contributed by atoms with Crippen molar-refractivity contribution in [2.45, 2.75) is 52.5 Å². The van der Waals surface area contributed by atoms with E-state index in [1.165, 1.54) is 25.7 Å². The lowest BCUT2D eigenvalue weighted by Crippen LogP contribution is -2.37. The van der Waals surface area contributed by atoms with Crippen molar-refractivity contribution in [2.75, 3.05) is 13.1 Å². The van der Waals surface area contributed by atoms with Gasteiger partial charge in [-0.2, -0.15) is 4.98 Å². The van der Waals surface area contributed by atoms with Crippen LogP contribution in [0.1, 0.15) is 50.7 Å². The van der Waals surface area contributed by atoms with Gasteiger partial charge < -0.3 is 15.2 Å². The number of allylic oxidation sites excluding steroid dienone is 1. The number of hydrogen-bond donors (Lipinski definition) is 2. The first-order valence-electron chi connectivity index (χ1n) is 7.77. The van der Waals surface area contributed by atoms with Gasteiger partial charge in [0.25, 0.3) is 0 Å². The average molecular weight is 291 g/mol. The van der Waals surface area contributed by atoms with E-state index in [-0.39, 0.29) is 0 Å². The van der Waals surface area contributed by atoms with Crippen LogP contribution in [0.3, 0.4) is 0 Å². The molecule has 2 rings (SSSR count). The number of rotatable bonds is 6. The number of aromatic nitrogens is 2. The van der Waals surface area contributed by atoms with Gasteiger partial charge in [-0.25, -0.2) is 4.99 Å². The highest BCUT2D eigenvalue weighted by molar-refractivity contribution is 5.79. The van der Waals surface area contributed by atoms with Gasteiger partial charge in [0.1, 0.15) is 6.54 Å².